The molecule has 0 unspecified atom stereocenters. The molecule has 0 aliphatic heterocycles. The van der Waals surface area contributed by atoms with Crippen LogP contribution in [0.4, 0.5) is 0 Å². The number of nitrogens with one attached hydrogen (secondary N) is 2. The van der Waals surface area contributed by atoms with Gasteiger partial charge in [0.05, 0.1) is 23.7 Å². The van der Waals surface area contributed by atoms with E-state index < -0.39 is 5.69 Å². The first kappa shape index (κ1) is 17.7. The van der Waals surface area contributed by atoms with E-state index in [4.69, 9.17) is 4.42 Å². The summed E-state index contributed by atoms with van der Waals surface area (Å²) in [5, 5.41) is 3.29. The second-order valence-electron chi connectivity index (χ2n) is 6.10. The normalized spacial score (nSPS) is 10.9. The monoisotopic (exact) mass is 355 g/mol. The molecule has 7 nitrogen and oxygen atoms in total. The summed E-state index contributed by atoms with van der Waals surface area (Å²) in [6, 6.07) is 10.5. The minimum absolute atomic E-state index is 0.0397. The van der Waals surface area contributed by atoms with Gasteiger partial charge in [-0.3, -0.25) is 14.2 Å². The van der Waals surface area contributed by atoms with Crippen molar-refractivity contribution in [2.24, 2.45) is 0 Å². The van der Waals surface area contributed by atoms with E-state index in [2.05, 4.69) is 10.3 Å². The topological polar surface area (TPSA) is 97.1 Å². The summed E-state index contributed by atoms with van der Waals surface area (Å²) in [5.74, 6) is 0.676. The molecule has 2 heterocycles. The minimum atomic E-state index is -0.398. The Balaban J connectivity index is 1.45. The molecule has 136 valence electrons. The van der Waals surface area contributed by atoms with E-state index >= 15 is 0 Å². The molecule has 1 amide bonds. The molecule has 0 saturated carbocycles. The molecule has 0 atom stereocenters. The number of furan rings is 1. The van der Waals surface area contributed by atoms with Crippen LogP contribution in [-0.2, 0) is 17.9 Å². The lowest BCUT2D eigenvalue weighted by Crippen LogP contribution is -2.35. The summed E-state index contributed by atoms with van der Waals surface area (Å²) < 4.78 is 6.37. The Kier molecular flexibility index (Phi) is 5.68. The fourth-order valence-electron chi connectivity index (χ4n) is 2.82. The number of H-pyrrole nitrogens is 1. The Morgan fingerprint density at radius 2 is 1.92 bits per heavy atom. The molecule has 0 spiro atoms. The number of fused-ring (bicyclic) bond motifs is 1. The van der Waals surface area contributed by atoms with Gasteiger partial charge in [0.15, 0.2) is 0 Å². The molecule has 1 aromatic carbocycles. The lowest BCUT2D eigenvalue weighted by Gasteiger charge is -2.06. The van der Waals surface area contributed by atoms with Gasteiger partial charge in [-0.05, 0) is 37.1 Å². The van der Waals surface area contributed by atoms with E-state index in [0.29, 0.717) is 49.0 Å². The van der Waals surface area contributed by atoms with E-state index in [0.717, 1.165) is 6.42 Å². The van der Waals surface area contributed by atoms with E-state index in [9.17, 15) is 14.4 Å². The maximum absolute atomic E-state index is 12.4. The Bertz CT molecular complexity index is 986. The average Bonchev–Trinajstić information content (AvgIpc) is 3.15. The molecule has 2 aromatic heterocycles. The smallest absolute Gasteiger partial charge is 0.328 e. The molecule has 2 N–H and O–H groups in total. The number of nitrogens with zero attached hydrogens (tertiary/aromatic N) is 1. The molecule has 3 rings (SSSR count). The van der Waals surface area contributed by atoms with Crippen LogP contribution in [-0.4, -0.2) is 15.5 Å². The summed E-state index contributed by atoms with van der Waals surface area (Å²) in [7, 11) is 0. The third-order valence-electron chi connectivity index (χ3n) is 4.21. The fourth-order valence-corrected chi connectivity index (χ4v) is 2.82. The van der Waals surface area contributed by atoms with Crippen LogP contribution in [0.2, 0.25) is 0 Å². The van der Waals surface area contributed by atoms with Crippen molar-refractivity contribution in [2.75, 3.05) is 0 Å². The quantitative estimate of drug-likeness (QED) is 0.605. The average molecular weight is 355 g/mol. The number of aromatic amines is 1. The second kappa shape index (κ2) is 8.33. The predicted molar refractivity (Wildman–Crippen MR) is 97.9 cm³/mol. The number of rotatable bonds is 8. The Labute approximate surface area is 149 Å². The molecular weight excluding hydrogens is 334 g/mol. The SMILES string of the molecule is O=C(CCCCCn1c(=O)[nH]c2ccccc2c1=O)NCc1ccco1. The highest BCUT2D eigenvalue weighted by Gasteiger charge is 2.07. The van der Waals surface area contributed by atoms with Crippen LogP contribution in [0.3, 0.4) is 0 Å². The van der Waals surface area contributed by atoms with Gasteiger partial charge in [0.2, 0.25) is 5.91 Å². The molecule has 7 heteroatoms. The number of amides is 1. The molecule has 0 saturated heterocycles. The number of hydrogen-bond acceptors (Lipinski definition) is 4. The number of aromatic nitrogens is 2. The highest BCUT2D eigenvalue weighted by molar-refractivity contribution is 5.77. The van der Waals surface area contributed by atoms with Gasteiger partial charge in [0, 0.05) is 13.0 Å². The third kappa shape index (κ3) is 4.30. The maximum Gasteiger partial charge on any atom is 0.328 e. The van der Waals surface area contributed by atoms with Crippen molar-refractivity contribution in [2.45, 2.75) is 38.8 Å². The van der Waals surface area contributed by atoms with Crippen molar-refractivity contribution in [1.82, 2.24) is 14.9 Å². The number of hydrogen-bond donors (Lipinski definition) is 2. The van der Waals surface area contributed by atoms with E-state index in [1.807, 2.05) is 0 Å². The molecule has 0 bridgehead atoms. The van der Waals surface area contributed by atoms with Crippen LogP contribution in [0.5, 0.6) is 0 Å². The van der Waals surface area contributed by atoms with Crippen LogP contribution in [0, 0.1) is 0 Å². The van der Waals surface area contributed by atoms with Crippen LogP contribution in [0.25, 0.3) is 10.9 Å². The van der Waals surface area contributed by atoms with Crippen molar-refractivity contribution in [3.05, 3.63) is 69.3 Å². The predicted octanol–water partition coefficient (Wildman–Crippen LogP) is 2.16. The zero-order valence-electron chi connectivity index (χ0n) is 14.4. The summed E-state index contributed by atoms with van der Waals surface area (Å²) in [4.78, 5) is 38.9. The minimum Gasteiger partial charge on any atom is -0.467 e. The van der Waals surface area contributed by atoms with Gasteiger partial charge < -0.3 is 14.7 Å². The van der Waals surface area contributed by atoms with Crippen LogP contribution >= 0.6 is 0 Å². The van der Waals surface area contributed by atoms with Gasteiger partial charge in [0.25, 0.3) is 5.56 Å². The fraction of sp³-hybridized carbons (Fsp3) is 0.316. The number of carbonyl (C=O) groups excluding carboxylic acids is 1. The summed E-state index contributed by atoms with van der Waals surface area (Å²) in [5.41, 5.74) is -0.127. The second-order valence-corrected chi connectivity index (χ2v) is 6.10. The zero-order valence-corrected chi connectivity index (χ0v) is 14.4. The summed E-state index contributed by atoms with van der Waals surface area (Å²) in [6.07, 6.45) is 4.09. The van der Waals surface area contributed by atoms with Gasteiger partial charge in [0.1, 0.15) is 5.76 Å². The lowest BCUT2D eigenvalue weighted by atomic mass is 10.2. The Hall–Kier alpha value is -3.09. The van der Waals surface area contributed by atoms with Crippen LogP contribution in [0.1, 0.15) is 31.4 Å². The highest BCUT2D eigenvalue weighted by Crippen LogP contribution is 2.05. The first-order valence-corrected chi connectivity index (χ1v) is 8.66. The first-order valence-electron chi connectivity index (χ1n) is 8.66. The lowest BCUT2D eigenvalue weighted by molar-refractivity contribution is -0.121. The Morgan fingerprint density at radius 1 is 1.08 bits per heavy atom. The number of benzene rings is 1. The molecular formula is C19H21N3O4. The number of unbranched alkanes of at least 4 members (excludes halogenated alkanes) is 2. The van der Waals surface area contributed by atoms with Gasteiger partial charge in [-0.25, -0.2) is 4.79 Å². The van der Waals surface area contributed by atoms with Crippen molar-refractivity contribution >= 4 is 16.8 Å². The Morgan fingerprint density at radius 3 is 2.73 bits per heavy atom. The summed E-state index contributed by atoms with van der Waals surface area (Å²) >= 11 is 0. The van der Waals surface area contributed by atoms with E-state index in [1.54, 1.807) is 42.7 Å². The van der Waals surface area contributed by atoms with Crippen LogP contribution < -0.4 is 16.6 Å². The van der Waals surface area contributed by atoms with Gasteiger partial charge >= 0.3 is 5.69 Å². The van der Waals surface area contributed by atoms with Crippen molar-refractivity contribution < 1.29 is 9.21 Å². The van der Waals surface area contributed by atoms with Crippen molar-refractivity contribution in [3.63, 3.8) is 0 Å². The number of para-hydroxylation sites is 1. The van der Waals surface area contributed by atoms with E-state index in [1.165, 1.54) is 4.57 Å². The van der Waals surface area contributed by atoms with E-state index in [-0.39, 0.29) is 11.5 Å². The van der Waals surface area contributed by atoms with Crippen molar-refractivity contribution in [1.29, 1.82) is 0 Å². The van der Waals surface area contributed by atoms with Gasteiger partial charge in [-0.15, -0.1) is 0 Å². The standard InChI is InChI=1S/C19H21N3O4/c23-17(20-13-14-7-6-12-26-14)10-2-1-5-11-22-18(24)15-8-3-4-9-16(15)21-19(22)25/h3-4,6-9,12H,1-2,5,10-11,13H2,(H,20,23)(H,21,25). The first-order chi connectivity index (χ1) is 12.6. The summed E-state index contributed by atoms with van der Waals surface area (Å²) in [6.45, 7) is 0.723. The van der Waals surface area contributed by atoms with Gasteiger partial charge in [-0.1, -0.05) is 18.6 Å². The molecule has 0 aliphatic rings. The maximum atomic E-state index is 12.4. The number of carbonyl (C=O) groups is 1. The van der Waals surface area contributed by atoms with Gasteiger partial charge in [-0.2, -0.15) is 0 Å². The molecule has 0 radical (unpaired) electrons. The molecule has 26 heavy (non-hydrogen) atoms. The molecule has 0 aliphatic carbocycles. The van der Waals surface area contributed by atoms with Crippen molar-refractivity contribution in [3.8, 4) is 0 Å². The zero-order chi connectivity index (χ0) is 18.4. The van der Waals surface area contributed by atoms with Crippen LogP contribution in [0.15, 0.2) is 56.7 Å². The molecule has 0 fully saturated rings. The third-order valence-corrected chi connectivity index (χ3v) is 4.21. The highest BCUT2D eigenvalue weighted by atomic mass is 16.3. The largest absolute Gasteiger partial charge is 0.467 e. The molecule has 3 aromatic rings.